The van der Waals surface area contributed by atoms with Crippen molar-refractivity contribution in [1.82, 2.24) is 5.32 Å². The predicted molar refractivity (Wildman–Crippen MR) is 77.3 cm³/mol. The van der Waals surface area contributed by atoms with E-state index in [4.69, 9.17) is 0 Å². The van der Waals surface area contributed by atoms with E-state index >= 15 is 0 Å². The van der Waals surface area contributed by atoms with Gasteiger partial charge in [0, 0.05) is 5.38 Å². The van der Waals surface area contributed by atoms with Crippen molar-refractivity contribution < 1.29 is 9.59 Å². The van der Waals surface area contributed by atoms with Gasteiger partial charge in [0.05, 0.1) is 5.69 Å². The van der Waals surface area contributed by atoms with Gasteiger partial charge < -0.3 is 5.32 Å². The molecule has 104 valence electrons. The minimum Gasteiger partial charge on any atom is -0.340 e. The summed E-state index contributed by atoms with van der Waals surface area (Å²) in [7, 11) is 0. The fourth-order valence-electron chi connectivity index (χ4n) is 2.65. The van der Waals surface area contributed by atoms with E-state index < -0.39 is 11.6 Å². The van der Waals surface area contributed by atoms with Gasteiger partial charge in [-0.3, -0.25) is 14.5 Å². The van der Waals surface area contributed by atoms with Crippen molar-refractivity contribution in [3.8, 4) is 0 Å². The summed E-state index contributed by atoms with van der Waals surface area (Å²) in [5.74, 6) is -0.0284. The van der Waals surface area contributed by atoms with Crippen LogP contribution in [0.25, 0.3) is 0 Å². The Labute approximate surface area is 117 Å². The van der Waals surface area contributed by atoms with Crippen LogP contribution in [0, 0.1) is 0 Å². The van der Waals surface area contributed by atoms with E-state index in [-0.39, 0.29) is 11.8 Å². The Hall–Kier alpha value is -1.36. The van der Waals surface area contributed by atoms with E-state index in [2.05, 4.69) is 5.32 Å². The van der Waals surface area contributed by atoms with Crippen molar-refractivity contribution >= 4 is 28.8 Å². The second-order valence-corrected chi connectivity index (χ2v) is 5.64. The summed E-state index contributed by atoms with van der Waals surface area (Å²) in [4.78, 5) is 26.8. The Bertz CT molecular complexity index is 466. The third-order valence-corrected chi connectivity index (χ3v) is 4.65. The largest absolute Gasteiger partial charge is 0.340 e. The lowest BCUT2D eigenvalue weighted by Crippen LogP contribution is -2.70. The first-order valence-corrected chi connectivity index (χ1v) is 7.71. The zero-order valence-corrected chi connectivity index (χ0v) is 12.4. The standard InChI is InChI=1S/C14H20N2O2S/c1-4-11-12(17)15-14(5-2,6-3)13(18)16(11)10-7-8-19-9-10/h7-9,11H,4-6H2,1-3H3,(H,15,17). The number of amides is 2. The molecular weight excluding hydrogens is 260 g/mol. The van der Waals surface area contributed by atoms with Crippen LogP contribution < -0.4 is 10.2 Å². The van der Waals surface area contributed by atoms with Crippen LogP contribution in [0.5, 0.6) is 0 Å². The number of nitrogens with zero attached hydrogens (tertiary/aromatic N) is 1. The van der Waals surface area contributed by atoms with Crippen molar-refractivity contribution in [2.75, 3.05) is 4.90 Å². The number of carbonyl (C=O) groups is 2. The summed E-state index contributed by atoms with van der Waals surface area (Å²) < 4.78 is 0. The number of anilines is 1. The first-order chi connectivity index (χ1) is 9.09. The maximum Gasteiger partial charge on any atom is 0.253 e. The Balaban J connectivity index is 2.46. The summed E-state index contributed by atoms with van der Waals surface area (Å²) >= 11 is 1.54. The number of nitrogens with one attached hydrogen (secondary N) is 1. The van der Waals surface area contributed by atoms with Crippen LogP contribution in [0.3, 0.4) is 0 Å². The molecule has 1 aliphatic heterocycles. The van der Waals surface area contributed by atoms with E-state index in [1.165, 1.54) is 11.3 Å². The Morgan fingerprint density at radius 2 is 2.00 bits per heavy atom. The fourth-order valence-corrected chi connectivity index (χ4v) is 3.28. The molecule has 19 heavy (non-hydrogen) atoms. The second kappa shape index (κ2) is 5.33. The van der Waals surface area contributed by atoms with Gasteiger partial charge in [0.25, 0.3) is 5.91 Å². The number of thiophene rings is 1. The topological polar surface area (TPSA) is 49.4 Å². The molecule has 0 aliphatic carbocycles. The predicted octanol–water partition coefficient (Wildman–Crippen LogP) is 2.55. The molecular formula is C14H20N2O2S. The minimum absolute atomic E-state index is 0.0161. The smallest absolute Gasteiger partial charge is 0.253 e. The van der Waals surface area contributed by atoms with E-state index in [0.29, 0.717) is 19.3 Å². The zero-order valence-electron chi connectivity index (χ0n) is 11.6. The number of hydrogen-bond donors (Lipinski definition) is 1. The molecule has 1 unspecified atom stereocenters. The van der Waals surface area contributed by atoms with Crippen LogP contribution in [0.15, 0.2) is 16.8 Å². The third kappa shape index (κ3) is 2.16. The number of rotatable bonds is 4. The molecule has 0 saturated carbocycles. The normalized spacial score (nSPS) is 22.5. The third-order valence-electron chi connectivity index (χ3n) is 3.98. The molecule has 0 bridgehead atoms. The average molecular weight is 280 g/mol. The molecule has 1 aromatic heterocycles. The summed E-state index contributed by atoms with van der Waals surface area (Å²) in [6, 6.07) is 1.51. The highest BCUT2D eigenvalue weighted by atomic mass is 32.1. The molecule has 4 nitrogen and oxygen atoms in total. The van der Waals surface area contributed by atoms with Gasteiger partial charge in [-0.1, -0.05) is 20.8 Å². The Kier molecular flexibility index (Phi) is 3.94. The van der Waals surface area contributed by atoms with Crippen molar-refractivity contribution in [3.05, 3.63) is 16.8 Å². The average Bonchev–Trinajstić information content (AvgIpc) is 2.94. The quantitative estimate of drug-likeness (QED) is 0.921. The van der Waals surface area contributed by atoms with Crippen LogP contribution in [0.1, 0.15) is 40.0 Å². The molecule has 1 N–H and O–H groups in total. The Morgan fingerprint density at radius 3 is 2.47 bits per heavy atom. The van der Waals surface area contributed by atoms with E-state index in [9.17, 15) is 9.59 Å². The number of hydrogen-bond acceptors (Lipinski definition) is 3. The van der Waals surface area contributed by atoms with Crippen molar-refractivity contribution in [2.45, 2.75) is 51.6 Å². The molecule has 1 fully saturated rings. The lowest BCUT2D eigenvalue weighted by Gasteiger charge is -2.45. The highest BCUT2D eigenvalue weighted by Gasteiger charge is 2.48. The molecule has 1 saturated heterocycles. The summed E-state index contributed by atoms with van der Waals surface area (Å²) in [5.41, 5.74) is 0.0907. The van der Waals surface area contributed by atoms with Gasteiger partial charge in [-0.15, -0.1) is 0 Å². The van der Waals surface area contributed by atoms with Crippen molar-refractivity contribution in [3.63, 3.8) is 0 Å². The van der Waals surface area contributed by atoms with Gasteiger partial charge in [0.15, 0.2) is 0 Å². The van der Waals surface area contributed by atoms with Gasteiger partial charge in [-0.05, 0) is 30.7 Å². The van der Waals surface area contributed by atoms with Gasteiger partial charge in [0.2, 0.25) is 5.91 Å². The number of piperazine rings is 1. The van der Waals surface area contributed by atoms with E-state index in [0.717, 1.165) is 5.69 Å². The SMILES string of the molecule is CCC1C(=O)NC(CC)(CC)C(=O)N1c1ccsc1. The van der Waals surface area contributed by atoms with Gasteiger partial charge in [0.1, 0.15) is 11.6 Å². The van der Waals surface area contributed by atoms with Crippen LogP contribution in [-0.2, 0) is 9.59 Å². The molecule has 5 heteroatoms. The summed E-state index contributed by atoms with van der Waals surface area (Å²) in [6.45, 7) is 5.82. The molecule has 1 atom stereocenters. The van der Waals surface area contributed by atoms with E-state index in [1.807, 2.05) is 37.6 Å². The van der Waals surface area contributed by atoms with Crippen LogP contribution in [-0.4, -0.2) is 23.4 Å². The van der Waals surface area contributed by atoms with Crippen molar-refractivity contribution in [1.29, 1.82) is 0 Å². The lowest BCUT2D eigenvalue weighted by molar-refractivity contribution is -0.138. The van der Waals surface area contributed by atoms with Gasteiger partial charge in [-0.2, -0.15) is 11.3 Å². The van der Waals surface area contributed by atoms with Crippen molar-refractivity contribution in [2.24, 2.45) is 0 Å². The Morgan fingerprint density at radius 1 is 1.32 bits per heavy atom. The molecule has 0 aromatic carbocycles. The minimum atomic E-state index is -0.745. The zero-order chi connectivity index (χ0) is 14.0. The lowest BCUT2D eigenvalue weighted by atomic mass is 9.86. The highest BCUT2D eigenvalue weighted by Crippen LogP contribution is 2.31. The van der Waals surface area contributed by atoms with Crippen LogP contribution in [0.2, 0.25) is 0 Å². The molecule has 2 amide bonds. The first kappa shape index (κ1) is 14.1. The maximum atomic E-state index is 12.8. The van der Waals surface area contributed by atoms with Gasteiger partial charge in [-0.25, -0.2) is 0 Å². The monoisotopic (exact) mass is 280 g/mol. The molecule has 0 spiro atoms. The molecule has 1 aliphatic rings. The highest BCUT2D eigenvalue weighted by molar-refractivity contribution is 7.08. The molecule has 2 heterocycles. The molecule has 2 rings (SSSR count). The summed E-state index contributed by atoms with van der Waals surface area (Å²) in [6.07, 6.45) is 1.85. The molecule has 1 aromatic rings. The second-order valence-electron chi connectivity index (χ2n) is 4.86. The van der Waals surface area contributed by atoms with Crippen LogP contribution >= 0.6 is 11.3 Å². The molecule has 0 radical (unpaired) electrons. The first-order valence-electron chi connectivity index (χ1n) is 6.77. The number of carbonyl (C=O) groups excluding carboxylic acids is 2. The van der Waals surface area contributed by atoms with E-state index in [1.54, 1.807) is 4.90 Å². The van der Waals surface area contributed by atoms with Gasteiger partial charge >= 0.3 is 0 Å². The van der Waals surface area contributed by atoms with Crippen LogP contribution in [0.4, 0.5) is 5.69 Å². The fraction of sp³-hybridized carbons (Fsp3) is 0.571. The summed E-state index contributed by atoms with van der Waals surface area (Å²) in [5, 5.41) is 6.80. The maximum absolute atomic E-state index is 12.8.